The molecule has 0 atom stereocenters. The van der Waals surface area contributed by atoms with Gasteiger partial charge in [0.1, 0.15) is 0 Å². The first-order valence-corrected chi connectivity index (χ1v) is 6.81. The number of nitrogens with zero attached hydrogens (tertiary/aromatic N) is 2. The summed E-state index contributed by atoms with van der Waals surface area (Å²) in [4.78, 5) is 0. The van der Waals surface area contributed by atoms with Crippen LogP contribution in [0.1, 0.15) is 45.6 Å². The fraction of sp³-hybridized carbons (Fsp3) is 0.786. The summed E-state index contributed by atoms with van der Waals surface area (Å²) in [6, 6.07) is 0. The van der Waals surface area contributed by atoms with Crippen molar-refractivity contribution < 1.29 is 5.11 Å². The Morgan fingerprint density at radius 2 is 2.17 bits per heavy atom. The highest BCUT2D eigenvalue weighted by atomic mass is 16.3. The van der Waals surface area contributed by atoms with Gasteiger partial charge in [-0.3, -0.25) is 4.68 Å². The Hall–Kier alpha value is -0.870. The maximum absolute atomic E-state index is 9.01. The van der Waals surface area contributed by atoms with E-state index in [1.807, 2.05) is 10.9 Å². The lowest BCUT2D eigenvalue weighted by Gasteiger charge is -2.18. The lowest BCUT2D eigenvalue weighted by molar-refractivity contribution is 0.245. The second-order valence-electron chi connectivity index (χ2n) is 6.54. The topological polar surface area (TPSA) is 50.1 Å². The van der Waals surface area contributed by atoms with Crippen LogP contribution >= 0.6 is 0 Å². The van der Waals surface area contributed by atoms with Gasteiger partial charge in [-0.1, -0.05) is 0 Å². The van der Waals surface area contributed by atoms with Crippen LogP contribution in [0.25, 0.3) is 0 Å². The van der Waals surface area contributed by atoms with E-state index in [0.29, 0.717) is 12.0 Å². The molecule has 0 saturated heterocycles. The van der Waals surface area contributed by atoms with Crippen molar-refractivity contribution in [1.82, 2.24) is 15.1 Å². The first kappa shape index (κ1) is 13.6. The van der Waals surface area contributed by atoms with E-state index in [9.17, 15) is 0 Å². The highest BCUT2D eigenvalue weighted by molar-refractivity contribution is 5.05. The molecular formula is C14H25N3O. The van der Waals surface area contributed by atoms with Crippen LogP contribution in [-0.2, 0) is 12.1 Å². The predicted octanol–water partition coefficient (Wildman–Crippen LogP) is 1.89. The van der Waals surface area contributed by atoms with Crippen molar-refractivity contribution in [1.29, 1.82) is 0 Å². The molecule has 2 rings (SSSR count). The third-order valence-corrected chi connectivity index (χ3v) is 3.75. The maximum atomic E-state index is 9.01. The van der Waals surface area contributed by atoms with Crippen LogP contribution in [0.2, 0.25) is 0 Å². The molecule has 1 aromatic rings. The van der Waals surface area contributed by atoms with Crippen molar-refractivity contribution in [3.8, 4) is 0 Å². The standard InChI is InChI=1S/C14H25N3O/c1-13(2,3)17-10-12(9-16-17)8-15-11-14(4-5-14)6-7-18/h9-10,15,18H,4-8,11H2,1-3H3. The fourth-order valence-corrected chi connectivity index (χ4v) is 2.22. The predicted molar refractivity (Wildman–Crippen MR) is 72.3 cm³/mol. The summed E-state index contributed by atoms with van der Waals surface area (Å²) in [6.07, 6.45) is 7.48. The molecule has 0 aliphatic heterocycles. The molecule has 2 N–H and O–H groups in total. The molecule has 0 spiro atoms. The van der Waals surface area contributed by atoms with Gasteiger partial charge in [0.05, 0.1) is 11.7 Å². The minimum absolute atomic E-state index is 0.0485. The summed E-state index contributed by atoms with van der Waals surface area (Å²) >= 11 is 0. The molecular weight excluding hydrogens is 226 g/mol. The Morgan fingerprint density at radius 3 is 2.67 bits per heavy atom. The first-order valence-electron chi connectivity index (χ1n) is 6.81. The molecule has 1 saturated carbocycles. The van der Waals surface area contributed by atoms with Crippen molar-refractivity contribution in [3.63, 3.8) is 0 Å². The lowest BCUT2D eigenvalue weighted by atomic mass is 10.0. The quantitative estimate of drug-likeness (QED) is 0.812. The Balaban J connectivity index is 1.79. The smallest absolute Gasteiger partial charge is 0.0543 e. The number of aliphatic hydroxyl groups is 1. The van der Waals surface area contributed by atoms with Gasteiger partial charge < -0.3 is 10.4 Å². The largest absolute Gasteiger partial charge is 0.396 e. The average molecular weight is 251 g/mol. The molecule has 102 valence electrons. The van der Waals surface area contributed by atoms with Crippen LogP contribution in [0, 0.1) is 5.41 Å². The molecule has 0 bridgehead atoms. The van der Waals surface area contributed by atoms with Crippen LogP contribution in [0.5, 0.6) is 0 Å². The molecule has 1 heterocycles. The fourth-order valence-electron chi connectivity index (χ4n) is 2.22. The molecule has 0 radical (unpaired) electrons. The van der Waals surface area contributed by atoms with Gasteiger partial charge in [0, 0.05) is 31.5 Å². The van der Waals surface area contributed by atoms with Crippen LogP contribution < -0.4 is 5.32 Å². The van der Waals surface area contributed by atoms with Gasteiger partial charge in [0.15, 0.2) is 0 Å². The minimum Gasteiger partial charge on any atom is -0.396 e. The summed E-state index contributed by atoms with van der Waals surface area (Å²) < 4.78 is 2.00. The molecule has 1 fully saturated rings. The average Bonchev–Trinajstić information content (AvgIpc) is 2.86. The molecule has 4 nitrogen and oxygen atoms in total. The van der Waals surface area contributed by atoms with Crippen LogP contribution in [0.3, 0.4) is 0 Å². The van der Waals surface area contributed by atoms with Gasteiger partial charge in [-0.2, -0.15) is 5.10 Å². The Morgan fingerprint density at radius 1 is 1.44 bits per heavy atom. The van der Waals surface area contributed by atoms with Crippen molar-refractivity contribution in [3.05, 3.63) is 18.0 Å². The second kappa shape index (κ2) is 5.02. The second-order valence-corrected chi connectivity index (χ2v) is 6.54. The van der Waals surface area contributed by atoms with Crippen molar-refractivity contribution >= 4 is 0 Å². The molecule has 1 aliphatic rings. The number of nitrogens with one attached hydrogen (secondary N) is 1. The van der Waals surface area contributed by atoms with Gasteiger partial charge in [-0.05, 0) is 45.4 Å². The molecule has 0 amide bonds. The normalized spacial score (nSPS) is 18.0. The van der Waals surface area contributed by atoms with E-state index in [-0.39, 0.29) is 5.54 Å². The summed E-state index contributed by atoms with van der Waals surface area (Å²) in [7, 11) is 0. The molecule has 0 aromatic carbocycles. The number of hydrogen-bond donors (Lipinski definition) is 2. The number of rotatable bonds is 6. The SMILES string of the molecule is CC(C)(C)n1cc(CNCC2(CCO)CC2)cn1. The van der Waals surface area contributed by atoms with Gasteiger partial charge >= 0.3 is 0 Å². The van der Waals surface area contributed by atoms with E-state index >= 15 is 0 Å². The summed E-state index contributed by atoms with van der Waals surface area (Å²) in [5, 5.41) is 16.9. The zero-order chi connectivity index (χ0) is 13.2. The monoisotopic (exact) mass is 251 g/mol. The van der Waals surface area contributed by atoms with Crippen molar-refractivity contribution in [2.45, 2.75) is 52.1 Å². The van der Waals surface area contributed by atoms with E-state index in [0.717, 1.165) is 19.5 Å². The van der Waals surface area contributed by atoms with Gasteiger partial charge in [0.25, 0.3) is 0 Å². The third kappa shape index (κ3) is 3.33. The van der Waals surface area contributed by atoms with Gasteiger partial charge in [-0.25, -0.2) is 0 Å². The summed E-state index contributed by atoms with van der Waals surface area (Å²) in [5.74, 6) is 0. The Labute approximate surface area is 109 Å². The first-order chi connectivity index (χ1) is 8.45. The van der Waals surface area contributed by atoms with E-state index < -0.39 is 0 Å². The Bertz CT molecular complexity index is 388. The van der Waals surface area contributed by atoms with Gasteiger partial charge in [0.2, 0.25) is 0 Å². The number of aliphatic hydroxyl groups excluding tert-OH is 1. The van der Waals surface area contributed by atoms with E-state index in [4.69, 9.17) is 5.11 Å². The molecule has 0 unspecified atom stereocenters. The van der Waals surface area contributed by atoms with E-state index in [1.165, 1.54) is 18.4 Å². The highest BCUT2D eigenvalue weighted by Gasteiger charge is 2.41. The van der Waals surface area contributed by atoms with Crippen molar-refractivity contribution in [2.24, 2.45) is 5.41 Å². The number of hydrogen-bond acceptors (Lipinski definition) is 3. The third-order valence-electron chi connectivity index (χ3n) is 3.75. The van der Waals surface area contributed by atoms with Crippen molar-refractivity contribution in [2.75, 3.05) is 13.2 Å². The molecule has 1 aliphatic carbocycles. The minimum atomic E-state index is 0.0485. The summed E-state index contributed by atoms with van der Waals surface area (Å²) in [6.45, 7) is 8.63. The van der Waals surface area contributed by atoms with Crippen LogP contribution in [0.4, 0.5) is 0 Å². The van der Waals surface area contributed by atoms with E-state index in [2.05, 4.69) is 37.4 Å². The maximum Gasteiger partial charge on any atom is 0.0543 e. The lowest BCUT2D eigenvalue weighted by Crippen LogP contribution is -2.24. The van der Waals surface area contributed by atoms with E-state index in [1.54, 1.807) is 0 Å². The van der Waals surface area contributed by atoms with Gasteiger partial charge in [-0.15, -0.1) is 0 Å². The molecule has 1 aromatic heterocycles. The zero-order valence-corrected chi connectivity index (χ0v) is 11.7. The Kier molecular flexibility index (Phi) is 3.78. The van der Waals surface area contributed by atoms with Crippen LogP contribution in [0.15, 0.2) is 12.4 Å². The van der Waals surface area contributed by atoms with Crippen LogP contribution in [-0.4, -0.2) is 28.0 Å². The number of aromatic nitrogens is 2. The molecule has 4 heteroatoms. The highest BCUT2D eigenvalue weighted by Crippen LogP contribution is 2.47. The molecule has 18 heavy (non-hydrogen) atoms. The zero-order valence-electron chi connectivity index (χ0n) is 11.7. The summed E-state index contributed by atoms with van der Waals surface area (Å²) in [5.41, 5.74) is 1.66.